The van der Waals surface area contributed by atoms with Crippen molar-refractivity contribution in [2.24, 2.45) is 0 Å². The Hall–Kier alpha value is -2.90. The highest BCUT2D eigenvalue weighted by molar-refractivity contribution is 5.91. The Balaban J connectivity index is 1.89. The average Bonchev–Trinajstić information content (AvgIpc) is 3.03. The van der Waals surface area contributed by atoms with E-state index in [1.54, 1.807) is 30.3 Å². The third-order valence-corrected chi connectivity index (χ3v) is 3.49. The SMILES string of the molecule is Cc1cc(C(=O)NCCCN(Cc2cccnc2)C(=O)OC(C)(C)C)on1. The quantitative estimate of drug-likeness (QED) is 0.748. The lowest BCUT2D eigenvalue weighted by atomic mass is 10.2. The first-order valence-electron chi connectivity index (χ1n) is 8.83. The molecule has 0 aliphatic carbocycles. The number of ether oxygens (including phenoxy) is 1. The van der Waals surface area contributed by atoms with Crippen LogP contribution >= 0.6 is 0 Å². The fraction of sp³-hybridized carbons (Fsp3) is 0.474. The molecule has 2 amide bonds. The van der Waals surface area contributed by atoms with Crippen LogP contribution in [0, 0.1) is 6.92 Å². The van der Waals surface area contributed by atoms with E-state index < -0.39 is 11.7 Å². The number of hydrogen-bond donors (Lipinski definition) is 1. The molecule has 0 bridgehead atoms. The molecular formula is C19H26N4O4. The average molecular weight is 374 g/mol. The molecule has 0 aromatic carbocycles. The van der Waals surface area contributed by atoms with Crippen molar-refractivity contribution in [3.63, 3.8) is 0 Å². The molecule has 8 nitrogen and oxygen atoms in total. The van der Waals surface area contributed by atoms with E-state index in [0.29, 0.717) is 31.7 Å². The Bertz CT molecular complexity index is 753. The minimum atomic E-state index is -0.581. The van der Waals surface area contributed by atoms with Gasteiger partial charge < -0.3 is 19.5 Å². The second-order valence-corrected chi connectivity index (χ2v) is 7.21. The zero-order valence-electron chi connectivity index (χ0n) is 16.2. The topological polar surface area (TPSA) is 97.6 Å². The largest absolute Gasteiger partial charge is 0.444 e. The first-order valence-corrected chi connectivity index (χ1v) is 8.83. The lowest BCUT2D eigenvalue weighted by molar-refractivity contribution is 0.0232. The van der Waals surface area contributed by atoms with Crippen LogP contribution < -0.4 is 5.32 Å². The van der Waals surface area contributed by atoms with E-state index in [4.69, 9.17) is 9.26 Å². The summed E-state index contributed by atoms with van der Waals surface area (Å²) in [6.45, 7) is 8.44. The molecule has 0 atom stereocenters. The minimum Gasteiger partial charge on any atom is -0.444 e. The molecule has 0 saturated heterocycles. The lowest BCUT2D eigenvalue weighted by Gasteiger charge is -2.27. The van der Waals surface area contributed by atoms with Crippen LogP contribution in [0.3, 0.4) is 0 Å². The Labute approximate surface area is 158 Å². The second kappa shape index (κ2) is 9.16. The predicted octanol–water partition coefficient (Wildman–Crippen LogP) is 2.94. The van der Waals surface area contributed by atoms with Crippen LogP contribution in [0.15, 0.2) is 35.1 Å². The predicted molar refractivity (Wildman–Crippen MR) is 99.1 cm³/mol. The van der Waals surface area contributed by atoms with Crippen molar-refractivity contribution in [1.29, 1.82) is 0 Å². The second-order valence-electron chi connectivity index (χ2n) is 7.21. The van der Waals surface area contributed by atoms with Crippen LogP contribution in [-0.4, -0.2) is 45.7 Å². The number of rotatable bonds is 7. The van der Waals surface area contributed by atoms with Crippen molar-refractivity contribution in [2.45, 2.75) is 46.3 Å². The van der Waals surface area contributed by atoms with E-state index in [-0.39, 0.29) is 11.7 Å². The maximum Gasteiger partial charge on any atom is 0.410 e. The highest BCUT2D eigenvalue weighted by atomic mass is 16.6. The van der Waals surface area contributed by atoms with Crippen molar-refractivity contribution in [3.8, 4) is 0 Å². The van der Waals surface area contributed by atoms with E-state index in [1.165, 1.54) is 0 Å². The first-order chi connectivity index (χ1) is 12.7. The Morgan fingerprint density at radius 3 is 2.70 bits per heavy atom. The van der Waals surface area contributed by atoms with Gasteiger partial charge in [0.2, 0.25) is 5.76 Å². The molecule has 0 spiro atoms. The number of amides is 2. The molecule has 2 heterocycles. The molecule has 0 aliphatic rings. The summed E-state index contributed by atoms with van der Waals surface area (Å²) in [4.78, 5) is 30.1. The van der Waals surface area contributed by atoms with Crippen LogP contribution in [0.5, 0.6) is 0 Å². The van der Waals surface area contributed by atoms with Gasteiger partial charge in [0, 0.05) is 31.5 Å². The summed E-state index contributed by atoms with van der Waals surface area (Å²) in [6, 6.07) is 5.30. The fourth-order valence-corrected chi connectivity index (χ4v) is 2.30. The lowest BCUT2D eigenvalue weighted by Crippen LogP contribution is -2.38. The number of nitrogens with one attached hydrogen (secondary N) is 1. The summed E-state index contributed by atoms with van der Waals surface area (Å²) in [6.07, 6.45) is 3.56. The van der Waals surface area contributed by atoms with E-state index in [2.05, 4.69) is 15.5 Å². The fourth-order valence-electron chi connectivity index (χ4n) is 2.30. The van der Waals surface area contributed by atoms with Gasteiger partial charge in [-0.2, -0.15) is 0 Å². The third kappa shape index (κ3) is 7.08. The molecular weight excluding hydrogens is 348 g/mol. The van der Waals surface area contributed by atoms with Gasteiger partial charge in [-0.05, 0) is 45.7 Å². The molecule has 2 rings (SSSR count). The summed E-state index contributed by atoms with van der Waals surface area (Å²) in [5.41, 5.74) is 0.972. The van der Waals surface area contributed by atoms with Crippen LogP contribution in [-0.2, 0) is 11.3 Å². The molecule has 0 aliphatic heterocycles. The van der Waals surface area contributed by atoms with Gasteiger partial charge in [-0.1, -0.05) is 11.2 Å². The standard InChI is InChI=1S/C19H26N4O4/c1-14-11-16(27-22-14)17(24)21-9-6-10-23(18(25)26-19(2,3)4)13-15-7-5-8-20-12-15/h5,7-8,11-12H,6,9-10,13H2,1-4H3,(H,21,24). The molecule has 27 heavy (non-hydrogen) atoms. The molecule has 0 fully saturated rings. The van der Waals surface area contributed by atoms with Crippen molar-refractivity contribution < 1.29 is 18.8 Å². The van der Waals surface area contributed by atoms with E-state index in [0.717, 1.165) is 5.56 Å². The monoisotopic (exact) mass is 374 g/mol. The van der Waals surface area contributed by atoms with Gasteiger partial charge in [-0.3, -0.25) is 9.78 Å². The number of aryl methyl sites for hydroxylation is 1. The van der Waals surface area contributed by atoms with Gasteiger partial charge in [-0.15, -0.1) is 0 Å². The Kier molecular flexibility index (Phi) is 6.92. The van der Waals surface area contributed by atoms with Crippen molar-refractivity contribution >= 4 is 12.0 Å². The smallest absolute Gasteiger partial charge is 0.410 e. The van der Waals surface area contributed by atoms with Crippen molar-refractivity contribution in [3.05, 3.63) is 47.6 Å². The first kappa shape index (κ1) is 20.4. The van der Waals surface area contributed by atoms with Gasteiger partial charge in [0.15, 0.2) is 0 Å². The molecule has 146 valence electrons. The Morgan fingerprint density at radius 1 is 1.33 bits per heavy atom. The molecule has 0 unspecified atom stereocenters. The molecule has 2 aromatic rings. The normalized spacial score (nSPS) is 11.1. The number of carbonyl (C=O) groups is 2. The van der Waals surface area contributed by atoms with Crippen molar-refractivity contribution in [1.82, 2.24) is 20.4 Å². The van der Waals surface area contributed by atoms with Gasteiger partial charge in [0.05, 0.1) is 12.2 Å². The van der Waals surface area contributed by atoms with Gasteiger partial charge in [0.25, 0.3) is 5.91 Å². The van der Waals surface area contributed by atoms with Crippen LogP contribution in [0.1, 0.15) is 49.0 Å². The summed E-state index contributed by atoms with van der Waals surface area (Å²) < 4.78 is 10.4. The minimum absolute atomic E-state index is 0.173. The summed E-state index contributed by atoms with van der Waals surface area (Å²) >= 11 is 0. The summed E-state index contributed by atoms with van der Waals surface area (Å²) in [5, 5.41) is 6.44. The highest BCUT2D eigenvalue weighted by Crippen LogP contribution is 2.13. The van der Waals surface area contributed by atoms with E-state index >= 15 is 0 Å². The molecule has 0 saturated carbocycles. The number of nitrogens with zero attached hydrogens (tertiary/aromatic N) is 3. The molecule has 1 N–H and O–H groups in total. The zero-order valence-corrected chi connectivity index (χ0v) is 16.2. The molecule has 8 heteroatoms. The molecule has 2 aromatic heterocycles. The highest BCUT2D eigenvalue weighted by Gasteiger charge is 2.22. The molecule has 0 radical (unpaired) electrons. The van der Waals surface area contributed by atoms with Crippen LogP contribution in [0.4, 0.5) is 4.79 Å². The van der Waals surface area contributed by atoms with Gasteiger partial charge in [0.1, 0.15) is 5.60 Å². The van der Waals surface area contributed by atoms with Gasteiger partial charge >= 0.3 is 6.09 Å². The number of hydrogen-bond acceptors (Lipinski definition) is 6. The van der Waals surface area contributed by atoms with Gasteiger partial charge in [-0.25, -0.2) is 4.79 Å². The van der Waals surface area contributed by atoms with Crippen molar-refractivity contribution in [2.75, 3.05) is 13.1 Å². The summed E-state index contributed by atoms with van der Waals surface area (Å²) in [7, 11) is 0. The third-order valence-electron chi connectivity index (χ3n) is 3.49. The zero-order chi connectivity index (χ0) is 19.9. The van der Waals surface area contributed by atoms with E-state index in [9.17, 15) is 9.59 Å². The van der Waals surface area contributed by atoms with Crippen LogP contribution in [0.25, 0.3) is 0 Å². The van der Waals surface area contributed by atoms with Crippen LogP contribution in [0.2, 0.25) is 0 Å². The number of pyridine rings is 1. The number of carbonyl (C=O) groups excluding carboxylic acids is 2. The number of aromatic nitrogens is 2. The maximum atomic E-state index is 12.5. The Morgan fingerprint density at radius 2 is 2.11 bits per heavy atom. The van der Waals surface area contributed by atoms with E-state index in [1.807, 2.05) is 32.9 Å². The summed E-state index contributed by atoms with van der Waals surface area (Å²) in [5.74, 6) is -0.154. The maximum absolute atomic E-state index is 12.5.